The zero-order chi connectivity index (χ0) is 22.1. The maximum Gasteiger partial charge on any atom is 0.263 e. The van der Waals surface area contributed by atoms with E-state index in [4.69, 9.17) is 9.47 Å². The highest BCUT2D eigenvalue weighted by Crippen LogP contribution is 2.28. The molecule has 0 fully saturated rings. The molecule has 1 N–H and O–H groups in total. The van der Waals surface area contributed by atoms with E-state index in [1.165, 1.54) is 11.3 Å². The first-order chi connectivity index (χ1) is 14.4. The van der Waals surface area contributed by atoms with Gasteiger partial charge in [-0.1, -0.05) is 33.8 Å². The normalized spacial score (nSPS) is 11.2. The Labute approximate surface area is 184 Å². The summed E-state index contributed by atoms with van der Waals surface area (Å²) in [5.41, 5.74) is 1.75. The van der Waals surface area contributed by atoms with Gasteiger partial charge in [-0.2, -0.15) is 0 Å². The van der Waals surface area contributed by atoms with Crippen molar-refractivity contribution in [3.63, 3.8) is 0 Å². The van der Waals surface area contributed by atoms with Crippen LogP contribution in [0.1, 0.15) is 53.6 Å². The molecule has 2 rings (SSSR count). The van der Waals surface area contributed by atoms with Gasteiger partial charge < -0.3 is 19.7 Å². The summed E-state index contributed by atoms with van der Waals surface area (Å²) >= 11 is 1.48. The fourth-order valence-corrected chi connectivity index (χ4v) is 4.32. The molecule has 1 aromatic heterocycles. The van der Waals surface area contributed by atoms with Gasteiger partial charge in [0.1, 0.15) is 11.5 Å². The number of nitrogens with one attached hydrogen (secondary N) is 1. The molecule has 1 aromatic carbocycles. The Morgan fingerprint density at radius 1 is 1.23 bits per heavy atom. The topological polar surface area (TPSA) is 63.7 Å². The Morgan fingerprint density at radius 3 is 2.60 bits per heavy atom. The minimum Gasteiger partial charge on any atom is -0.493 e. The molecule has 0 spiro atoms. The van der Waals surface area contributed by atoms with Crippen molar-refractivity contribution in [1.29, 1.82) is 0 Å². The van der Waals surface area contributed by atoms with E-state index >= 15 is 0 Å². The van der Waals surface area contributed by atoms with Gasteiger partial charge in [-0.3, -0.25) is 4.79 Å². The van der Waals surface area contributed by atoms with Crippen molar-refractivity contribution in [2.75, 3.05) is 33.4 Å². The average molecular weight is 434 g/mol. The molecule has 1 amide bonds. The summed E-state index contributed by atoms with van der Waals surface area (Å²) in [6.45, 7) is 14.4. The highest BCUT2D eigenvalue weighted by Gasteiger charge is 2.16. The SMILES string of the molecule is CCN(CC)CCOc1ccc(CNC(=O)c2sc(CC(C)C)nc2C)cc1OC. The molecule has 0 aliphatic rings. The molecule has 0 aliphatic heterocycles. The van der Waals surface area contributed by atoms with E-state index in [1.807, 2.05) is 25.1 Å². The number of rotatable bonds is 12. The maximum atomic E-state index is 12.6. The molecule has 0 bridgehead atoms. The van der Waals surface area contributed by atoms with E-state index in [2.05, 4.69) is 42.9 Å². The molecule has 0 saturated carbocycles. The number of carbonyl (C=O) groups excluding carboxylic acids is 1. The van der Waals surface area contributed by atoms with Crippen LogP contribution in [0.2, 0.25) is 0 Å². The summed E-state index contributed by atoms with van der Waals surface area (Å²) in [5, 5.41) is 4.01. The van der Waals surface area contributed by atoms with Crippen LogP contribution >= 0.6 is 11.3 Å². The maximum absolute atomic E-state index is 12.6. The number of nitrogens with zero attached hydrogens (tertiary/aromatic N) is 2. The first-order valence-electron chi connectivity index (χ1n) is 10.6. The van der Waals surface area contributed by atoms with Crippen LogP contribution in [0.25, 0.3) is 0 Å². The van der Waals surface area contributed by atoms with Crippen molar-refractivity contribution >= 4 is 17.2 Å². The Hall–Kier alpha value is -2.12. The average Bonchev–Trinajstić information content (AvgIpc) is 3.09. The summed E-state index contributed by atoms with van der Waals surface area (Å²) < 4.78 is 11.4. The van der Waals surface area contributed by atoms with Crippen molar-refractivity contribution < 1.29 is 14.3 Å². The molecule has 6 nitrogen and oxygen atoms in total. The number of carbonyl (C=O) groups is 1. The molecule has 7 heteroatoms. The van der Waals surface area contributed by atoms with Crippen molar-refractivity contribution in [2.45, 2.75) is 47.6 Å². The van der Waals surface area contributed by atoms with Crippen molar-refractivity contribution in [3.8, 4) is 11.5 Å². The lowest BCUT2D eigenvalue weighted by molar-refractivity contribution is 0.0954. The van der Waals surface area contributed by atoms with Crippen LogP contribution in [0.5, 0.6) is 11.5 Å². The quantitative estimate of drug-likeness (QED) is 0.540. The predicted molar refractivity (Wildman–Crippen MR) is 123 cm³/mol. The summed E-state index contributed by atoms with van der Waals surface area (Å²) in [6, 6.07) is 5.78. The van der Waals surface area contributed by atoms with Crippen LogP contribution in [0, 0.1) is 12.8 Å². The van der Waals surface area contributed by atoms with E-state index in [9.17, 15) is 4.79 Å². The highest BCUT2D eigenvalue weighted by atomic mass is 32.1. The third kappa shape index (κ3) is 6.99. The summed E-state index contributed by atoms with van der Waals surface area (Å²) in [7, 11) is 1.63. The highest BCUT2D eigenvalue weighted by molar-refractivity contribution is 7.13. The predicted octanol–water partition coefficient (Wildman–Crippen LogP) is 4.31. The second-order valence-electron chi connectivity index (χ2n) is 7.66. The van der Waals surface area contributed by atoms with E-state index in [0.29, 0.717) is 29.7 Å². The number of aromatic nitrogens is 1. The van der Waals surface area contributed by atoms with Gasteiger partial charge in [0, 0.05) is 19.5 Å². The zero-order valence-electron chi connectivity index (χ0n) is 19.1. The number of thiazole rings is 1. The fraction of sp³-hybridized carbons (Fsp3) is 0.565. The lowest BCUT2D eigenvalue weighted by Crippen LogP contribution is -2.28. The van der Waals surface area contributed by atoms with E-state index in [-0.39, 0.29) is 5.91 Å². The monoisotopic (exact) mass is 433 g/mol. The summed E-state index contributed by atoms with van der Waals surface area (Å²) in [4.78, 5) is 20.2. The first-order valence-corrected chi connectivity index (χ1v) is 11.5. The zero-order valence-corrected chi connectivity index (χ0v) is 19.9. The van der Waals surface area contributed by atoms with Crippen molar-refractivity contribution in [1.82, 2.24) is 15.2 Å². The fourth-order valence-electron chi connectivity index (χ4n) is 3.13. The molecule has 0 aliphatic carbocycles. The number of hydrogen-bond acceptors (Lipinski definition) is 6. The van der Waals surface area contributed by atoms with Crippen LogP contribution in [-0.2, 0) is 13.0 Å². The van der Waals surface area contributed by atoms with E-state index in [1.54, 1.807) is 7.11 Å². The third-order valence-electron chi connectivity index (χ3n) is 4.87. The number of benzene rings is 1. The van der Waals surface area contributed by atoms with E-state index < -0.39 is 0 Å². The minimum atomic E-state index is -0.0847. The van der Waals surface area contributed by atoms with Crippen LogP contribution in [0.15, 0.2) is 18.2 Å². The molecule has 0 atom stereocenters. The number of methoxy groups -OCH3 is 1. The van der Waals surface area contributed by atoms with Gasteiger partial charge in [-0.05, 0) is 43.6 Å². The Kier molecular flexibility index (Phi) is 9.59. The number of aryl methyl sites for hydroxylation is 1. The smallest absolute Gasteiger partial charge is 0.263 e. The Morgan fingerprint density at radius 2 is 1.97 bits per heavy atom. The number of ether oxygens (including phenoxy) is 2. The molecule has 30 heavy (non-hydrogen) atoms. The van der Waals surface area contributed by atoms with Gasteiger partial charge in [0.15, 0.2) is 11.5 Å². The number of hydrogen-bond donors (Lipinski definition) is 1. The van der Waals surface area contributed by atoms with Crippen LogP contribution in [0.3, 0.4) is 0 Å². The molecule has 1 heterocycles. The number of likely N-dealkylation sites (N-methyl/N-ethyl adjacent to an activating group) is 1. The molecule has 0 radical (unpaired) electrons. The lowest BCUT2D eigenvalue weighted by atomic mass is 10.1. The van der Waals surface area contributed by atoms with Gasteiger partial charge in [0.05, 0.1) is 17.8 Å². The van der Waals surface area contributed by atoms with E-state index in [0.717, 1.165) is 48.1 Å². The van der Waals surface area contributed by atoms with Gasteiger partial charge in [-0.15, -0.1) is 11.3 Å². The molecular formula is C23H35N3O3S. The Bertz CT molecular complexity index is 816. The molecule has 2 aromatic rings. The molecule has 166 valence electrons. The van der Waals surface area contributed by atoms with Gasteiger partial charge in [0.2, 0.25) is 0 Å². The van der Waals surface area contributed by atoms with Gasteiger partial charge in [0.25, 0.3) is 5.91 Å². The van der Waals surface area contributed by atoms with Crippen LogP contribution in [0.4, 0.5) is 0 Å². The van der Waals surface area contributed by atoms with Crippen LogP contribution in [-0.4, -0.2) is 49.1 Å². The van der Waals surface area contributed by atoms with Gasteiger partial charge in [-0.25, -0.2) is 4.98 Å². The van der Waals surface area contributed by atoms with Crippen LogP contribution < -0.4 is 14.8 Å². The lowest BCUT2D eigenvalue weighted by Gasteiger charge is -2.19. The Balaban J connectivity index is 1.95. The minimum absolute atomic E-state index is 0.0847. The third-order valence-corrected chi connectivity index (χ3v) is 6.05. The van der Waals surface area contributed by atoms with Crippen molar-refractivity contribution in [3.05, 3.63) is 39.3 Å². The first kappa shape index (κ1) is 24.2. The van der Waals surface area contributed by atoms with Gasteiger partial charge >= 0.3 is 0 Å². The molecular weight excluding hydrogens is 398 g/mol. The molecule has 0 unspecified atom stereocenters. The molecule has 0 saturated heterocycles. The summed E-state index contributed by atoms with van der Waals surface area (Å²) in [5.74, 6) is 1.83. The standard InChI is InChI=1S/C23H35N3O3S/c1-7-26(8-2)11-12-29-19-10-9-18(14-20(19)28-6)15-24-23(27)22-17(5)25-21(30-22)13-16(3)4/h9-10,14,16H,7-8,11-13,15H2,1-6H3,(H,24,27). The summed E-state index contributed by atoms with van der Waals surface area (Å²) in [6.07, 6.45) is 0.895. The van der Waals surface area contributed by atoms with Crippen molar-refractivity contribution in [2.24, 2.45) is 5.92 Å². The number of amides is 1. The largest absolute Gasteiger partial charge is 0.493 e. The second kappa shape index (κ2) is 11.9. The second-order valence-corrected chi connectivity index (χ2v) is 8.75.